The third kappa shape index (κ3) is 2.59. The van der Waals surface area contributed by atoms with Gasteiger partial charge in [-0.15, -0.1) is 29.8 Å². The summed E-state index contributed by atoms with van der Waals surface area (Å²) in [6.45, 7) is 3.70. The highest BCUT2D eigenvalue weighted by molar-refractivity contribution is 6.53. The number of halogens is 2. The Morgan fingerprint density at radius 2 is 1.85 bits per heavy atom. The molecule has 34 heavy (non-hydrogen) atoms. The number of benzene rings is 1. The number of carbonyl (C=O) groups is 4. The monoisotopic (exact) mass is 504 g/mol. The molecule has 4 amide bonds. The lowest BCUT2D eigenvalue weighted by molar-refractivity contribution is -0.173. The van der Waals surface area contributed by atoms with Crippen molar-refractivity contribution in [1.29, 1.82) is 0 Å². The Labute approximate surface area is 205 Å². The van der Waals surface area contributed by atoms with Gasteiger partial charge in [-0.05, 0) is 30.7 Å². The minimum Gasteiger partial charge on any atom is -0.507 e. The van der Waals surface area contributed by atoms with Gasteiger partial charge in [0.15, 0.2) is 9.75 Å². The van der Waals surface area contributed by atoms with Crippen molar-refractivity contribution in [3.05, 3.63) is 53.6 Å². The summed E-state index contributed by atoms with van der Waals surface area (Å²) in [5, 5.41) is 21.3. The number of alkyl halides is 2. The van der Waals surface area contributed by atoms with Crippen molar-refractivity contribution in [1.82, 2.24) is 9.96 Å². The lowest BCUT2D eigenvalue weighted by Gasteiger charge is -2.50. The van der Waals surface area contributed by atoms with Gasteiger partial charge in [0.25, 0.3) is 23.6 Å². The number of imide groups is 2. The molecule has 2 heterocycles. The van der Waals surface area contributed by atoms with E-state index in [2.05, 4.69) is 6.58 Å². The van der Waals surface area contributed by atoms with Crippen LogP contribution in [-0.4, -0.2) is 60.7 Å². The van der Waals surface area contributed by atoms with Crippen molar-refractivity contribution in [3.63, 3.8) is 0 Å². The largest absolute Gasteiger partial charge is 0.507 e. The van der Waals surface area contributed by atoms with Crippen molar-refractivity contribution < 1.29 is 29.5 Å². The highest BCUT2D eigenvalue weighted by Gasteiger charge is 2.76. The average molecular weight is 505 g/mol. The van der Waals surface area contributed by atoms with E-state index >= 15 is 0 Å². The van der Waals surface area contributed by atoms with Gasteiger partial charge in [0.05, 0.1) is 11.8 Å². The molecule has 2 aliphatic heterocycles. The van der Waals surface area contributed by atoms with E-state index in [1.807, 2.05) is 0 Å². The van der Waals surface area contributed by atoms with Crippen LogP contribution in [0.5, 0.6) is 5.75 Å². The SMILES string of the molecule is C=CCc1cccc(C2C3=CCC4C(=O)N(O)C(=O)C4C3CC3(Cl)C(=O)N(C)C(=O)C23Cl)c1O. The number of fused-ring (bicyclic) bond motifs is 4. The van der Waals surface area contributed by atoms with Crippen LogP contribution in [0.4, 0.5) is 0 Å². The predicted molar refractivity (Wildman–Crippen MR) is 121 cm³/mol. The Morgan fingerprint density at radius 1 is 1.15 bits per heavy atom. The number of carbonyl (C=O) groups excluding carboxylic acids is 4. The molecule has 4 aliphatic rings. The molecule has 2 N–H and O–H groups in total. The molecule has 0 aromatic heterocycles. The minimum atomic E-state index is -1.97. The smallest absolute Gasteiger partial charge is 0.257 e. The first-order valence-electron chi connectivity index (χ1n) is 10.9. The molecule has 5 rings (SSSR count). The van der Waals surface area contributed by atoms with E-state index in [0.717, 1.165) is 4.90 Å². The molecule has 6 unspecified atom stereocenters. The van der Waals surface area contributed by atoms with Crippen LogP contribution in [0.2, 0.25) is 0 Å². The molecule has 10 heteroatoms. The van der Waals surface area contributed by atoms with Crippen molar-refractivity contribution in [3.8, 4) is 5.75 Å². The van der Waals surface area contributed by atoms with E-state index in [9.17, 15) is 29.5 Å². The van der Waals surface area contributed by atoms with E-state index in [0.29, 0.717) is 23.1 Å². The zero-order valence-corrected chi connectivity index (χ0v) is 19.7. The Hall–Kier alpha value is -2.68. The first-order valence-corrected chi connectivity index (χ1v) is 11.6. The first-order chi connectivity index (χ1) is 16.0. The number of nitrogens with zero attached hydrogens (tertiary/aromatic N) is 2. The van der Waals surface area contributed by atoms with Gasteiger partial charge in [-0.25, -0.2) is 0 Å². The van der Waals surface area contributed by atoms with Crippen LogP contribution in [0.15, 0.2) is 42.5 Å². The van der Waals surface area contributed by atoms with Gasteiger partial charge >= 0.3 is 0 Å². The molecule has 0 spiro atoms. The number of para-hydroxylation sites is 1. The number of hydroxylamine groups is 2. The molecule has 1 saturated carbocycles. The fraction of sp³-hybridized carbons (Fsp3) is 0.417. The molecule has 178 valence electrons. The summed E-state index contributed by atoms with van der Waals surface area (Å²) >= 11 is 14.0. The summed E-state index contributed by atoms with van der Waals surface area (Å²) in [6.07, 6.45) is 3.67. The second-order valence-corrected chi connectivity index (χ2v) is 10.6. The van der Waals surface area contributed by atoms with Gasteiger partial charge in [-0.2, -0.15) is 5.06 Å². The van der Waals surface area contributed by atoms with Gasteiger partial charge in [-0.3, -0.25) is 29.3 Å². The second kappa shape index (κ2) is 7.41. The molecule has 8 nitrogen and oxygen atoms in total. The number of likely N-dealkylation sites (tertiary alicyclic amines) is 1. The van der Waals surface area contributed by atoms with Gasteiger partial charge in [-0.1, -0.05) is 35.9 Å². The van der Waals surface area contributed by atoms with Crippen LogP contribution in [0, 0.1) is 17.8 Å². The number of phenolic OH excluding ortho intramolecular Hbond substituents is 1. The number of allylic oxidation sites excluding steroid dienone is 3. The number of rotatable bonds is 3. The number of hydrogen-bond acceptors (Lipinski definition) is 6. The van der Waals surface area contributed by atoms with E-state index in [-0.39, 0.29) is 23.7 Å². The third-order valence-corrected chi connectivity index (χ3v) is 9.23. The molecule has 3 fully saturated rings. The number of hydrogen-bond donors (Lipinski definition) is 2. The fourth-order valence-corrected chi connectivity index (χ4v) is 7.25. The predicted octanol–water partition coefficient (Wildman–Crippen LogP) is 2.50. The average Bonchev–Trinajstić information content (AvgIpc) is 3.11. The van der Waals surface area contributed by atoms with Crippen LogP contribution in [0.3, 0.4) is 0 Å². The molecule has 0 bridgehead atoms. The Morgan fingerprint density at radius 3 is 2.53 bits per heavy atom. The van der Waals surface area contributed by atoms with Crippen molar-refractivity contribution in [2.24, 2.45) is 17.8 Å². The molecule has 1 aromatic carbocycles. The Kier molecular flexibility index (Phi) is 5.03. The maximum atomic E-state index is 13.4. The number of amides is 4. The Bertz CT molecular complexity index is 1210. The zero-order chi connectivity index (χ0) is 24.7. The van der Waals surface area contributed by atoms with Gasteiger partial charge in [0.2, 0.25) is 0 Å². The molecule has 0 radical (unpaired) electrons. The summed E-state index contributed by atoms with van der Waals surface area (Å²) in [7, 11) is 1.29. The number of phenols is 1. The highest BCUT2D eigenvalue weighted by Crippen LogP contribution is 2.66. The topological polar surface area (TPSA) is 115 Å². The zero-order valence-electron chi connectivity index (χ0n) is 18.2. The second-order valence-electron chi connectivity index (χ2n) is 9.33. The molecular weight excluding hydrogens is 483 g/mol. The van der Waals surface area contributed by atoms with Crippen LogP contribution in [-0.2, 0) is 25.6 Å². The quantitative estimate of drug-likeness (QED) is 0.282. The van der Waals surface area contributed by atoms with Crippen molar-refractivity contribution >= 4 is 46.8 Å². The highest BCUT2D eigenvalue weighted by atomic mass is 35.5. The van der Waals surface area contributed by atoms with E-state index in [1.54, 1.807) is 30.4 Å². The molecule has 2 aliphatic carbocycles. The maximum Gasteiger partial charge on any atom is 0.257 e. The molecule has 6 atom stereocenters. The van der Waals surface area contributed by atoms with Crippen LogP contribution in [0.1, 0.15) is 29.9 Å². The van der Waals surface area contributed by atoms with Crippen LogP contribution in [0.25, 0.3) is 0 Å². The van der Waals surface area contributed by atoms with Gasteiger partial charge in [0, 0.05) is 18.5 Å². The Balaban J connectivity index is 1.77. The maximum absolute atomic E-state index is 13.4. The number of aromatic hydroxyl groups is 1. The first kappa shape index (κ1) is 23.1. The van der Waals surface area contributed by atoms with Crippen molar-refractivity contribution in [2.75, 3.05) is 7.05 Å². The third-order valence-electron chi connectivity index (χ3n) is 7.82. The fourth-order valence-electron chi connectivity index (χ4n) is 6.24. The lowest BCUT2D eigenvalue weighted by Crippen LogP contribution is -2.60. The normalized spacial score (nSPS) is 36.9. The van der Waals surface area contributed by atoms with E-state index < -0.39 is 57.0 Å². The van der Waals surface area contributed by atoms with Gasteiger partial charge in [0.1, 0.15) is 5.75 Å². The van der Waals surface area contributed by atoms with E-state index in [1.165, 1.54) is 7.05 Å². The molecular formula is C24H22Cl2N2O6. The minimum absolute atomic E-state index is 0.109. The van der Waals surface area contributed by atoms with Crippen molar-refractivity contribution in [2.45, 2.75) is 34.9 Å². The van der Waals surface area contributed by atoms with Gasteiger partial charge < -0.3 is 5.11 Å². The summed E-state index contributed by atoms with van der Waals surface area (Å²) in [5.74, 6) is -6.56. The molecule has 1 aromatic rings. The van der Waals surface area contributed by atoms with Crippen LogP contribution < -0.4 is 0 Å². The summed E-state index contributed by atoms with van der Waals surface area (Å²) in [6, 6.07) is 5.02. The molecule has 2 saturated heterocycles. The van der Waals surface area contributed by atoms with Crippen LogP contribution >= 0.6 is 23.2 Å². The summed E-state index contributed by atoms with van der Waals surface area (Å²) in [5.41, 5.74) is 1.39. The van der Waals surface area contributed by atoms with E-state index in [4.69, 9.17) is 23.2 Å². The standard InChI is InChI=1S/C24H22Cl2N2O6/c1-3-5-11-6-4-7-14(18(11)29)17-12-8-9-13-16(20(31)28(34)19(13)30)15(12)10-23(25)21(32)27(2)22(33)24(17,23)26/h3-4,6-8,13,15-17,29,34H,1,5,9-10H2,2H3. The lowest BCUT2D eigenvalue weighted by atomic mass is 9.56. The summed E-state index contributed by atoms with van der Waals surface area (Å²) in [4.78, 5) is 49.0. The summed E-state index contributed by atoms with van der Waals surface area (Å²) < 4.78 is 0.